The van der Waals surface area contributed by atoms with Crippen LogP contribution in [0.15, 0.2) is 30.3 Å². The number of hydrogen-bond acceptors (Lipinski definition) is 4. The number of aliphatic hydroxyl groups excluding tert-OH is 1. The van der Waals surface area contributed by atoms with Crippen LogP contribution in [0, 0.1) is 5.92 Å². The summed E-state index contributed by atoms with van der Waals surface area (Å²) in [6.45, 7) is 14.7. The van der Waals surface area contributed by atoms with Gasteiger partial charge in [0, 0.05) is 12.5 Å². The van der Waals surface area contributed by atoms with Gasteiger partial charge in [-0.1, -0.05) is 58.0 Å². The van der Waals surface area contributed by atoms with Gasteiger partial charge in [-0.3, -0.25) is 0 Å². The number of carbonyl (C=O) groups is 1. The van der Waals surface area contributed by atoms with Gasteiger partial charge < -0.3 is 14.3 Å². The highest BCUT2D eigenvalue weighted by Crippen LogP contribution is 2.40. The number of hydrogen-bond donors (Lipinski definition) is 1. The van der Waals surface area contributed by atoms with E-state index in [1.165, 1.54) is 0 Å². The number of ether oxygens (including phenoxy) is 1. The maximum Gasteiger partial charge on any atom is 0.334 e. The Bertz CT molecular complexity index is 536. The molecule has 25 heavy (non-hydrogen) atoms. The van der Waals surface area contributed by atoms with E-state index in [1.807, 2.05) is 37.3 Å². The van der Waals surface area contributed by atoms with Gasteiger partial charge >= 0.3 is 5.97 Å². The van der Waals surface area contributed by atoms with Crippen LogP contribution in [-0.2, 0) is 14.0 Å². The number of rotatable bonds is 8. The monoisotopic (exact) mass is 366 g/mol. The topological polar surface area (TPSA) is 55.8 Å². The van der Waals surface area contributed by atoms with E-state index in [-0.39, 0.29) is 29.5 Å². The zero-order chi connectivity index (χ0) is 19.3. The lowest BCUT2D eigenvalue weighted by Crippen LogP contribution is -2.49. The average molecular weight is 367 g/mol. The Morgan fingerprint density at radius 1 is 1.20 bits per heavy atom. The maximum absolute atomic E-state index is 12.8. The van der Waals surface area contributed by atoms with Crippen molar-refractivity contribution in [3.05, 3.63) is 35.9 Å². The zero-order valence-corrected chi connectivity index (χ0v) is 17.7. The summed E-state index contributed by atoms with van der Waals surface area (Å²) in [6, 6.07) is 9.80. The molecular formula is C20H34O4Si. The molecule has 0 heterocycles. The first kappa shape index (κ1) is 21.9. The zero-order valence-electron chi connectivity index (χ0n) is 16.7. The maximum atomic E-state index is 12.8. The standard InChI is InChI=1S/C20H34O4Si/c1-8-23-19(22)18(24-25(6,7)20(3,4)5)17(15(2)14-21)16-12-10-9-11-13-16/h9-13,15,17-18,21H,8,14H2,1-7H3/t15-,17+,18-/m0/s1. The fraction of sp³-hybridized carbons (Fsp3) is 0.650. The van der Waals surface area contributed by atoms with Crippen molar-refractivity contribution in [3.63, 3.8) is 0 Å². The number of benzene rings is 1. The molecule has 0 spiro atoms. The van der Waals surface area contributed by atoms with Crippen molar-refractivity contribution < 1.29 is 19.1 Å². The molecule has 0 unspecified atom stereocenters. The van der Waals surface area contributed by atoms with E-state index in [4.69, 9.17) is 9.16 Å². The lowest BCUT2D eigenvalue weighted by Gasteiger charge is -2.41. The predicted molar refractivity (Wildman–Crippen MR) is 104 cm³/mol. The van der Waals surface area contributed by atoms with Gasteiger partial charge in [0.05, 0.1) is 6.61 Å². The molecule has 0 fully saturated rings. The van der Waals surface area contributed by atoms with Crippen LogP contribution in [0.3, 0.4) is 0 Å². The van der Waals surface area contributed by atoms with Crippen molar-refractivity contribution in [2.75, 3.05) is 13.2 Å². The molecule has 1 rings (SSSR count). The summed E-state index contributed by atoms with van der Waals surface area (Å²) in [7, 11) is -2.20. The minimum absolute atomic E-state index is 0.0175. The third-order valence-corrected chi connectivity index (χ3v) is 9.61. The molecule has 0 aliphatic rings. The minimum atomic E-state index is -2.20. The molecule has 3 atom stereocenters. The van der Waals surface area contributed by atoms with E-state index in [0.29, 0.717) is 6.61 Å². The molecule has 0 saturated carbocycles. The molecule has 0 amide bonds. The molecule has 0 aliphatic heterocycles. The van der Waals surface area contributed by atoms with E-state index in [2.05, 4.69) is 33.9 Å². The number of carbonyl (C=O) groups excluding carboxylic acids is 1. The normalized spacial score (nSPS) is 16.2. The van der Waals surface area contributed by atoms with Crippen molar-refractivity contribution in [2.45, 2.75) is 64.8 Å². The van der Waals surface area contributed by atoms with Crippen LogP contribution >= 0.6 is 0 Å². The second-order valence-electron chi connectivity index (χ2n) is 8.15. The van der Waals surface area contributed by atoms with Gasteiger partial charge in [-0.05, 0) is 36.5 Å². The van der Waals surface area contributed by atoms with Crippen LogP contribution in [0.1, 0.15) is 46.1 Å². The van der Waals surface area contributed by atoms with Crippen LogP contribution in [-0.4, -0.2) is 38.7 Å². The van der Waals surface area contributed by atoms with E-state index in [9.17, 15) is 9.90 Å². The third kappa shape index (κ3) is 5.66. The quantitative estimate of drug-likeness (QED) is 0.549. The van der Waals surface area contributed by atoms with Crippen molar-refractivity contribution in [2.24, 2.45) is 5.92 Å². The Labute approximate surface area is 153 Å². The summed E-state index contributed by atoms with van der Waals surface area (Å²) in [4.78, 5) is 12.8. The molecule has 142 valence electrons. The molecule has 0 aromatic heterocycles. The summed E-state index contributed by atoms with van der Waals surface area (Å²) in [5.41, 5.74) is 0.987. The van der Waals surface area contributed by atoms with Gasteiger partial charge in [0.15, 0.2) is 14.4 Å². The van der Waals surface area contributed by atoms with Crippen molar-refractivity contribution in [1.29, 1.82) is 0 Å². The van der Waals surface area contributed by atoms with Gasteiger partial charge in [0.2, 0.25) is 0 Å². The Kier molecular flexibility index (Phi) is 7.84. The van der Waals surface area contributed by atoms with Gasteiger partial charge in [-0.15, -0.1) is 0 Å². The highest BCUT2D eigenvalue weighted by Gasteiger charge is 2.45. The van der Waals surface area contributed by atoms with Gasteiger partial charge in [0.1, 0.15) is 0 Å². The molecule has 0 saturated heterocycles. The number of esters is 1. The molecular weight excluding hydrogens is 332 g/mol. The van der Waals surface area contributed by atoms with Crippen molar-refractivity contribution >= 4 is 14.3 Å². The second kappa shape index (κ2) is 8.97. The van der Waals surface area contributed by atoms with Gasteiger partial charge in [-0.2, -0.15) is 0 Å². The minimum Gasteiger partial charge on any atom is -0.464 e. The van der Waals surface area contributed by atoms with E-state index >= 15 is 0 Å². The fourth-order valence-electron chi connectivity index (χ4n) is 2.58. The molecule has 1 aromatic carbocycles. The van der Waals surface area contributed by atoms with Gasteiger partial charge in [-0.25, -0.2) is 4.79 Å². The Balaban J connectivity index is 3.33. The van der Waals surface area contributed by atoms with Crippen molar-refractivity contribution in [1.82, 2.24) is 0 Å². The smallest absolute Gasteiger partial charge is 0.334 e. The molecule has 1 N–H and O–H groups in total. The highest BCUT2D eigenvalue weighted by molar-refractivity contribution is 6.74. The molecule has 0 bridgehead atoms. The molecule has 5 heteroatoms. The van der Waals surface area contributed by atoms with E-state index in [0.717, 1.165) is 5.56 Å². The first-order valence-electron chi connectivity index (χ1n) is 9.05. The Hall–Kier alpha value is -1.17. The van der Waals surface area contributed by atoms with Crippen LogP contribution < -0.4 is 0 Å². The van der Waals surface area contributed by atoms with E-state index in [1.54, 1.807) is 6.92 Å². The number of aliphatic hydroxyl groups is 1. The first-order valence-corrected chi connectivity index (χ1v) is 12.0. The molecule has 1 aromatic rings. The summed E-state index contributed by atoms with van der Waals surface area (Å²) in [5, 5.41) is 9.76. The second-order valence-corrected chi connectivity index (χ2v) is 12.9. The first-order chi connectivity index (χ1) is 11.5. The summed E-state index contributed by atoms with van der Waals surface area (Å²) in [6.07, 6.45) is -0.717. The third-order valence-electron chi connectivity index (χ3n) is 5.16. The Morgan fingerprint density at radius 2 is 1.76 bits per heavy atom. The van der Waals surface area contributed by atoms with Crippen molar-refractivity contribution in [3.8, 4) is 0 Å². The predicted octanol–water partition coefficient (Wildman–Crippen LogP) is 4.35. The van der Waals surface area contributed by atoms with Crippen LogP contribution in [0.2, 0.25) is 18.1 Å². The average Bonchev–Trinajstić information content (AvgIpc) is 2.54. The van der Waals surface area contributed by atoms with Crippen LogP contribution in [0.5, 0.6) is 0 Å². The molecule has 0 aliphatic carbocycles. The summed E-state index contributed by atoms with van der Waals surface area (Å²) < 4.78 is 11.8. The van der Waals surface area contributed by atoms with Crippen LogP contribution in [0.4, 0.5) is 0 Å². The lowest BCUT2D eigenvalue weighted by atomic mass is 9.83. The largest absolute Gasteiger partial charge is 0.464 e. The van der Waals surface area contributed by atoms with E-state index < -0.39 is 14.4 Å². The molecule has 0 radical (unpaired) electrons. The van der Waals surface area contributed by atoms with Gasteiger partial charge in [0.25, 0.3) is 0 Å². The molecule has 4 nitrogen and oxygen atoms in total. The fourth-order valence-corrected chi connectivity index (χ4v) is 3.81. The lowest BCUT2D eigenvalue weighted by molar-refractivity contribution is -0.154. The summed E-state index contributed by atoms with van der Waals surface area (Å²) in [5.74, 6) is -0.720. The SMILES string of the molecule is CCOC(=O)[C@@H](O[Si](C)(C)C(C)(C)C)[C@@H](c1ccccc1)[C@@H](C)CO. The highest BCUT2D eigenvalue weighted by atomic mass is 28.4. The Morgan fingerprint density at radius 3 is 2.20 bits per heavy atom. The summed E-state index contributed by atoms with van der Waals surface area (Å²) >= 11 is 0. The van der Waals surface area contributed by atoms with Crippen LogP contribution in [0.25, 0.3) is 0 Å².